The van der Waals surface area contributed by atoms with Crippen molar-refractivity contribution in [1.82, 2.24) is 0 Å². The standard InChI is InChI=1S/C9H18O4/c1-2-3-4-5-9(11)13-7-6-12-8-10/h10H,2-8H2,1H3. The Morgan fingerprint density at radius 2 is 2.08 bits per heavy atom. The van der Waals surface area contributed by atoms with E-state index in [4.69, 9.17) is 9.84 Å². The van der Waals surface area contributed by atoms with Crippen molar-refractivity contribution in [1.29, 1.82) is 0 Å². The molecule has 0 fully saturated rings. The average molecular weight is 190 g/mol. The Morgan fingerprint density at radius 3 is 2.69 bits per heavy atom. The molecule has 0 spiro atoms. The van der Waals surface area contributed by atoms with Crippen LogP contribution in [-0.2, 0) is 14.3 Å². The molecule has 0 rings (SSSR count). The fourth-order valence-electron chi connectivity index (χ4n) is 0.870. The van der Waals surface area contributed by atoms with Crippen molar-refractivity contribution in [3.8, 4) is 0 Å². The van der Waals surface area contributed by atoms with Gasteiger partial charge in [-0.3, -0.25) is 4.79 Å². The molecule has 0 saturated heterocycles. The van der Waals surface area contributed by atoms with Gasteiger partial charge in [-0.2, -0.15) is 0 Å². The van der Waals surface area contributed by atoms with Crippen LogP contribution in [0.1, 0.15) is 32.6 Å². The maximum Gasteiger partial charge on any atom is 0.305 e. The van der Waals surface area contributed by atoms with Crippen molar-refractivity contribution in [2.24, 2.45) is 0 Å². The minimum absolute atomic E-state index is 0.185. The summed E-state index contributed by atoms with van der Waals surface area (Å²) in [7, 11) is 0. The zero-order valence-corrected chi connectivity index (χ0v) is 8.12. The number of carbonyl (C=O) groups excluding carboxylic acids is 1. The zero-order valence-electron chi connectivity index (χ0n) is 8.12. The van der Waals surface area contributed by atoms with Gasteiger partial charge < -0.3 is 14.6 Å². The molecule has 0 aromatic rings. The van der Waals surface area contributed by atoms with E-state index in [0.29, 0.717) is 6.42 Å². The van der Waals surface area contributed by atoms with Crippen LogP contribution in [-0.4, -0.2) is 31.1 Å². The van der Waals surface area contributed by atoms with Crippen LogP contribution in [0.2, 0.25) is 0 Å². The third-order valence-corrected chi connectivity index (χ3v) is 1.57. The van der Waals surface area contributed by atoms with Crippen LogP contribution in [0.4, 0.5) is 0 Å². The summed E-state index contributed by atoms with van der Waals surface area (Å²) in [5.41, 5.74) is 0. The number of hydrogen-bond acceptors (Lipinski definition) is 4. The van der Waals surface area contributed by atoms with E-state index >= 15 is 0 Å². The molecule has 1 N–H and O–H groups in total. The number of aliphatic hydroxyl groups excluding tert-OH is 1. The lowest BCUT2D eigenvalue weighted by molar-refractivity contribution is -0.146. The van der Waals surface area contributed by atoms with Crippen molar-refractivity contribution < 1.29 is 19.4 Å². The highest BCUT2D eigenvalue weighted by atomic mass is 16.6. The lowest BCUT2D eigenvalue weighted by atomic mass is 10.2. The normalized spacial score (nSPS) is 10.0. The second kappa shape index (κ2) is 9.48. The van der Waals surface area contributed by atoms with Crippen molar-refractivity contribution >= 4 is 5.97 Å². The number of hydrogen-bond donors (Lipinski definition) is 1. The summed E-state index contributed by atoms with van der Waals surface area (Å²) in [6.07, 6.45) is 3.52. The van der Waals surface area contributed by atoms with Gasteiger partial charge in [0.1, 0.15) is 13.4 Å². The molecule has 0 heterocycles. The quantitative estimate of drug-likeness (QED) is 0.353. The van der Waals surface area contributed by atoms with Gasteiger partial charge in [0.25, 0.3) is 0 Å². The molecule has 0 radical (unpaired) electrons. The monoisotopic (exact) mass is 190 g/mol. The molecule has 78 valence electrons. The first kappa shape index (κ1) is 12.4. The average Bonchev–Trinajstić information content (AvgIpc) is 2.13. The van der Waals surface area contributed by atoms with Crippen LogP contribution in [0.25, 0.3) is 0 Å². The molecule has 0 aliphatic carbocycles. The van der Waals surface area contributed by atoms with Crippen molar-refractivity contribution in [3.63, 3.8) is 0 Å². The second-order valence-electron chi connectivity index (χ2n) is 2.71. The molecule has 4 heteroatoms. The van der Waals surface area contributed by atoms with Crippen molar-refractivity contribution in [2.45, 2.75) is 32.6 Å². The van der Waals surface area contributed by atoms with Gasteiger partial charge in [0.15, 0.2) is 0 Å². The van der Waals surface area contributed by atoms with E-state index in [1.165, 1.54) is 0 Å². The molecule has 0 aromatic carbocycles. The number of esters is 1. The maximum absolute atomic E-state index is 10.9. The molecule has 0 saturated carbocycles. The summed E-state index contributed by atoms with van der Waals surface area (Å²) >= 11 is 0. The predicted octanol–water partition coefficient (Wildman–Crippen LogP) is 1.08. The smallest absolute Gasteiger partial charge is 0.305 e. The fraction of sp³-hybridized carbons (Fsp3) is 0.889. The van der Waals surface area contributed by atoms with Gasteiger partial charge in [0.2, 0.25) is 0 Å². The summed E-state index contributed by atoms with van der Waals surface area (Å²) in [6.45, 7) is 2.25. The predicted molar refractivity (Wildman–Crippen MR) is 48.1 cm³/mol. The minimum atomic E-state index is -0.326. The van der Waals surface area contributed by atoms with Gasteiger partial charge >= 0.3 is 5.97 Å². The summed E-state index contributed by atoms with van der Waals surface area (Å²) in [4.78, 5) is 10.9. The maximum atomic E-state index is 10.9. The Labute approximate surface area is 78.8 Å². The number of ether oxygens (including phenoxy) is 2. The van der Waals surface area contributed by atoms with Crippen LogP contribution < -0.4 is 0 Å². The molecular weight excluding hydrogens is 172 g/mol. The van der Waals surface area contributed by atoms with E-state index in [0.717, 1.165) is 19.3 Å². The lowest BCUT2D eigenvalue weighted by Gasteiger charge is -2.03. The van der Waals surface area contributed by atoms with E-state index in [1.807, 2.05) is 0 Å². The van der Waals surface area contributed by atoms with Crippen LogP contribution in [0.15, 0.2) is 0 Å². The van der Waals surface area contributed by atoms with Gasteiger partial charge in [-0.25, -0.2) is 0 Å². The summed E-state index contributed by atoms with van der Waals surface area (Å²) in [6, 6.07) is 0. The zero-order chi connectivity index (χ0) is 9.94. The second-order valence-corrected chi connectivity index (χ2v) is 2.71. The van der Waals surface area contributed by atoms with Gasteiger partial charge in [0.05, 0.1) is 6.61 Å². The van der Waals surface area contributed by atoms with Gasteiger partial charge in [0, 0.05) is 6.42 Å². The first-order valence-electron chi connectivity index (χ1n) is 4.65. The largest absolute Gasteiger partial charge is 0.463 e. The summed E-state index contributed by atoms with van der Waals surface area (Å²) in [5, 5.41) is 8.24. The highest BCUT2D eigenvalue weighted by Gasteiger charge is 2.00. The molecule has 4 nitrogen and oxygen atoms in total. The van der Waals surface area contributed by atoms with Gasteiger partial charge in [-0.05, 0) is 6.42 Å². The third-order valence-electron chi connectivity index (χ3n) is 1.57. The topological polar surface area (TPSA) is 55.8 Å². The van der Waals surface area contributed by atoms with Crippen LogP contribution in [0, 0.1) is 0 Å². The third kappa shape index (κ3) is 9.30. The van der Waals surface area contributed by atoms with E-state index in [1.54, 1.807) is 0 Å². The highest BCUT2D eigenvalue weighted by Crippen LogP contribution is 2.00. The van der Waals surface area contributed by atoms with Crippen molar-refractivity contribution in [3.05, 3.63) is 0 Å². The molecule has 0 atom stereocenters. The van der Waals surface area contributed by atoms with E-state index in [9.17, 15) is 4.79 Å². The van der Waals surface area contributed by atoms with Crippen LogP contribution in [0.3, 0.4) is 0 Å². The Kier molecular flexibility index (Phi) is 9.03. The molecular formula is C9H18O4. The fourth-order valence-corrected chi connectivity index (χ4v) is 0.870. The Hall–Kier alpha value is -0.610. The molecule has 0 aliphatic rings. The van der Waals surface area contributed by atoms with Crippen LogP contribution in [0.5, 0.6) is 0 Å². The Balaban J connectivity index is 3.11. The first-order valence-corrected chi connectivity index (χ1v) is 4.65. The van der Waals surface area contributed by atoms with E-state index in [-0.39, 0.29) is 26.0 Å². The molecule has 0 aromatic heterocycles. The van der Waals surface area contributed by atoms with E-state index < -0.39 is 0 Å². The van der Waals surface area contributed by atoms with Crippen molar-refractivity contribution in [2.75, 3.05) is 20.0 Å². The molecule has 0 unspecified atom stereocenters. The number of unbranched alkanes of at least 4 members (excludes halogenated alkanes) is 2. The van der Waals surface area contributed by atoms with Crippen LogP contribution >= 0.6 is 0 Å². The SMILES string of the molecule is CCCCCC(=O)OCCOCO. The van der Waals surface area contributed by atoms with Gasteiger partial charge in [-0.1, -0.05) is 19.8 Å². The molecule has 0 amide bonds. The number of rotatable bonds is 8. The van der Waals surface area contributed by atoms with E-state index in [2.05, 4.69) is 11.7 Å². The Morgan fingerprint density at radius 1 is 1.31 bits per heavy atom. The summed E-state index contributed by atoms with van der Waals surface area (Å²) < 4.78 is 9.40. The highest BCUT2D eigenvalue weighted by molar-refractivity contribution is 5.69. The molecule has 0 bridgehead atoms. The molecule has 0 aliphatic heterocycles. The van der Waals surface area contributed by atoms with Gasteiger partial charge in [-0.15, -0.1) is 0 Å². The minimum Gasteiger partial charge on any atom is -0.463 e. The number of aliphatic hydroxyl groups is 1. The number of carbonyl (C=O) groups is 1. The molecule has 13 heavy (non-hydrogen) atoms. The summed E-state index contributed by atoms with van der Waals surface area (Å²) in [5.74, 6) is -0.185. The lowest BCUT2D eigenvalue weighted by Crippen LogP contribution is -2.10. The first-order chi connectivity index (χ1) is 6.31. The Bertz CT molecular complexity index is 125.